The van der Waals surface area contributed by atoms with E-state index in [1.165, 1.54) is 27.9 Å². The van der Waals surface area contributed by atoms with Crippen molar-refractivity contribution in [3.63, 3.8) is 0 Å². The molecule has 1 aliphatic carbocycles. The fourth-order valence-electron chi connectivity index (χ4n) is 4.47. The summed E-state index contributed by atoms with van der Waals surface area (Å²) in [4.78, 5) is 45.5. The molecule has 1 fully saturated rings. The van der Waals surface area contributed by atoms with E-state index in [1.54, 1.807) is 6.92 Å². The molecule has 12 heteroatoms. The quantitative estimate of drug-likeness (QED) is 0.492. The van der Waals surface area contributed by atoms with Crippen molar-refractivity contribution >= 4 is 23.4 Å². The highest BCUT2D eigenvalue weighted by Gasteiger charge is 2.53. The molecule has 2 aromatic rings. The number of rotatable bonds is 9. The number of amides is 3. The van der Waals surface area contributed by atoms with Gasteiger partial charge in [-0.2, -0.15) is 13.2 Å². The van der Waals surface area contributed by atoms with Gasteiger partial charge in [-0.25, -0.2) is 4.98 Å². The number of carbonyl (C=O) groups excluding carboxylic acids is 3. The van der Waals surface area contributed by atoms with Crippen LogP contribution >= 0.6 is 0 Å². The summed E-state index contributed by atoms with van der Waals surface area (Å²) < 4.78 is 46.1. The molecule has 1 aliphatic heterocycles. The number of aromatic nitrogens is 2. The Hall–Kier alpha value is -3.41. The monoisotopic (exact) mass is 521 g/mol. The fourth-order valence-corrected chi connectivity index (χ4v) is 4.47. The van der Waals surface area contributed by atoms with E-state index in [2.05, 4.69) is 15.6 Å². The van der Waals surface area contributed by atoms with Gasteiger partial charge in [-0.3, -0.25) is 14.4 Å². The molecule has 2 heterocycles. The topological polar surface area (TPSA) is 106 Å². The molecule has 9 nitrogen and oxygen atoms in total. The van der Waals surface area contributed by atoms with Crippen molar-refractivity contribution in [2.24, 2.45) is 0 Å². The summed E-state index contributed by atoms with van der Waals surface area (Å²) >= 11 is 0. The van der Waals surface area contributed by atoms with Gasteiger partial charge in [0.05, 0.1) is 24.5 Å². The second-order valence-electron chi connectivity index (χ2n) is 9.81. The van der Waals surface area contributed by atoms with Crippen molar-refractivity contribution in [1.82, 2.24) is 19.8 Å². The van der Waals surface area contributed by atoms with Gasteiger partial charge in [0.2, 0.25) is 5.91 Å². The molecule has 0 radical (unpaired) electrons. The van der Waals surface area contributed by atoms with Crippen LogP contribution in [-0.4, -0.2) is 63.0 Å². The third-order valence-electron chi connectivity index (χ3n) is 6.39. The number of halogens is 3. The molecule has 2 aliphatic rings. The van der Waals surface area contributed by atoms with E-state index in [0.717, 1.165) is 25.0 Å². The number of nitrogens with zero attached hydrogens (tertiary/aromatic N) is 3. The van der Waals surface area contributed by atoms with Crippen molar-refractivity contribution in [2.45, 2.75) is 70.4 Å². The molecular formula is C25H30F3N5O4. The molecule has 0 spiro atoms. The van der Waals surface area contributed by atoms with Crippen LogP contribution in [0.5, 0.6) is 0 Å². The number of alkyl halides is 3. The van der Waals surface area contributed by atoms with Gasteiger partial charge in [0.1, 0.15) is 11.2 Å². The predicted octanol–water partition coefficient (Wildman–Crippen LogP) is 3.46. The number of imidazole rings is 1. The standard InChI is InChI=1S/C25H30F3N5O4/c1-15(2)37-11-5-10-29-23(36)24(3)13-32-14-30-19(20(32)22(35)33(24)18-8-9-18)21(34)31-17-7-4-6-16(12-17)25(26,27)28/h4,6-7,12,14-15,18H,5,8-11,13H2,1-3H3,(H,29,36)(H,31,34). The molecule has 1 aromatic heterocycles. The minimum Gasteiger partial charge on any atom is -0.379 e. The van der Waals surface area contributed by atoms with Gasteiger partial charge < -0.3 is 24.8 Å². The minimum absolute atomic E-state index is 0.00647. The number of ether oxygens (including phenoxy) is 1. The van der Waals surface area contributed by atoms with E-state index in [-0.39, 0.29) is 41.7 Å². The molecule has 1 aromatic carbocycles. The lowest BCUT2D eigenvalue weighted by molar-refractivity contribution is -0.137. The Bertz CT molecular complexity index is 1190. The summed E-state index contributed by atoms with van der Waals surface area (Å²) in [7, 11) is 0. The molecule has 1 unspecified atom stereocenters. The summed E-state index contributed by atoms with van der Waals surface area (Å²) in [5, 5.41) is 5.29. The average Bonchev–Trinajstić information content (AvgIpc) is 3.55. The van der Waals surface area contributed by atoms with E-state index in [9.17, 15) is 27.6 Å². The lowest BCUT2D eigenvalue weighted by Crippen LogP contribution is -2.64. The largest absolute Gasteiger partial charge is 0.416 e. The fraction of sp³-hybridized carbons (Fsp3) is 0.520. The van der Waals surface area contributed by atoms with Crippen LogP contribution in [0.2, 0.25) is 0 Å². The molecule has 37 heavy (non-hydrogen) atoms. The van der Waals surface area contributed by atoms with Crippen LogP contribution in [0.1, 0.15) is 66.6 Å². The molecule has 3 amide bonds. The summed E-state index contributed by atoms with van der Waals surface area (Å²) in [6.45, 7) is 6.51. The second kappa shape index (κ2) is 10.2. The van der Waals surface area contributed by atoms with Crippen molar-refractivity contribution < 1.29 is 32.3 Å². The molecule has 1 atom stereocenters. The van der Waals surface area contributed by atoms with Gasteiger partial charge in [-0.1, -0.05) is 6.07 Å². The number of hydrogen-bond acceptors (Lipinski definition) is 5. The lowest BCUT2D eigenvalue weighted by Gasteiger charge is -2.44. The predicted molar refractivity (Wildman–Crippen MR) is 128 cm³/mol. The molecule has 200 valence electrons. The molecule has 1 saturated carbocycles. The maximum atomic E-state index is 13.6. The van der Waals surface area contributed by atoms with Gasteiger partial charge in [0.25, 0.3) is 11.8 Å². The van der Waals surface area contributed by atoms with E-state index >= 15 is 0 Å². The zero-order valence-corrected chi connectivity index (χ0v) is 20.9. The maximum Gasteiger partial charge on any atom is 0.416 e. The summed E-state index contributed by atoms with van der Waals surface area (Å²) in [6.07, 6.45) is -1.09. The van der Waals surface area contributed by atoms with E-state index in [0.29, 0.717) is 19.6 Å². The molecule has 4 rings (SSSR count). The third kappa shape index (κ3) is 5.63. The molecular weight excluding hydrogens is 491 g/mol. The first-order chi connectivity index (χ1) is 17.4. The summed E-state index contributed by atoms with van der Waals surface area (Å²) in [6, 6.07) is 4.07. The van der Waals surface area contributed by atoms with Crippen LogP contribution in [0, 0.1) is 0 Å². The van der Waals surface area contributed by atoms with Crippen LogP contribution < -0.4 is 10.6 Å². The highest BCUT2D eigenvalue weighted by molar-refractivity contribution is 6.11. The van der Waals surface area contributed by atoms with Crippen LogP contribution in [0.25, 0.3) is 0 Å². The van der Waals surface area contributed by atoms with Crippen molar-refractivity contribution in [3.8, 4) is 0 Å². The van der Waals surface area contributed by atoms with Crippen LogP contribution in [0.4, 0.5) is 18.9 Å². The molecule has 0 bridgehead atoms. The zero-order valence-electron chi connectivity index (χ0n) is 20.9. The molecule has 0 saturated heterocycles. The highest BCUT2D eigenvalue weighted by atomic mass is 19.4. The third-order valence-corrected chi connectivity index (χ3v) is 6.39. The minimum atomic E-state index is -4.57. The van der Waals surface area contributed by atoms with E-state index in [4.69, 9.17) is 4.74 Å². The lowest BCUT2D eigenvalue weighted by atomic mass is 9.94. The first kappa shape index (κ1) is 26.6. The Morgan fingerprint density at radius 2 is 2.00 bits per heavy atom. The maximum absolute atomic E-state index is 13.6. The average molecular weight is 522 g/mol. The Labute approximate surface area is 212 Å². The number of fused-ring (bicyclic) bond motifs is 1. The Balaban J connectivity index is 1.53. The van der Waals surface area contributed by atoms with E-state index in [1.807, 2.05) is 13.8 Å². The van der Waals surface area contributed by atoms with Gasteiger partial charge in [-0.15, -0.1) is 0 Å². The normalized spacial score (nSPS) is 19.6. The van der Waals surface area contributed by atoms with Gasteiger partial charge in [0.15, 0.2) is 5.69 Å². The van der Waals surface area contributed by atoms with Crippen molar-refractivity contribution in [1.29, 1.82) is 0 Å². The smallest absolute Gasteiger partial charge is 0.379 e. The molecule has 2 N–H and O–H groups in total. The number of carbonyl (C=O) groups is 3. The van der Waals surface area contributed by atoms with Crippen molar-refractivity contribution in [3.05, 3.63) is 47.5 Å². The number of hydrogen-bond donors (Lipinski definition) is 2. The first-order valence-electron chi connectivity index (χ1n) is 12.2. The number of nitrogens with one attached hydrogen (secondary N) is 2. The zero-order chi connectivity index (χ0) is 27.0. The van der Waals surface area contributed by atoms with Crippen molar-refractivity contribution in [2.75, 3.05) is 18.5 Å². The Kier molecular flexibility index (Phi) is 7.31. The van der Waals surface area contributed by atoms with Gasteiger partial charge in [0, 0.05) is 24.9 Å². The van der Waals surface area contributed by atoms with E-state index < -0.39 is 29.1 Å². The number of anilines is 1. The SMILES string of the molecule is CC(C)OCCCNC(=O)C1(C)Cn2cnc(C(=O)Nc3cccc(C(F)(F)F)c3)c2C(=O)N1C1CC1. The van der Waals surface area contributed by atoms with Gasteiger partial charge >= 0.3 is 6.18 Å². The van der Waals surface area contributed by atoms with Gasteiger partial charge in [-0.05, 0) is 58.2 Å². The first-order valence-corrected chi connectivity index (χ1v) is 12.2. The Morgan fingerprint density at radius 1 is 1.27 bits per heavy atom. The second-order valence-corrected chi connectivity index (χ2v) is 9.81. The van der Waals surface area contributed by atoms with Crippen LogP contribution in [0.3, 0.4) is 0 Å². The highest BCUT2D eigenvalue weighted by Crippen LogP contribution is 2.39. The number of benzene rings is 1. The van der Waals surface area contributed by atoms with Crippen LogP contribution in [-0.2, 0) is 22.3 Å². The van der Waals surface area contributed by atoms with Crippen LogP contribution in [0.15, 0.2) is 30.6 Å². The summed E-state index contributed by atoms with van der Waals surface area (Å²) in [5.74, 6) is -1.64. The summed E-state index contributed by atoms with van der Waals surface area (Å²) in [5.41, 5.74) is -2.38. The Morgan fingerprint density at radius 3 is 2.65 bits per heavy atom.